The predicted molar refractivity (Wildman–Crippen MR) is 126 cm³/mol. The zero-order chi connectivity index (χ0) is 24.8. The second-order valence-corrected chi connectivity index (χ2v) is 8.40. The lowest BCUT2D eigenvalue weighted by Crippen LogP contribution is -2.50. The Balaban J connectivity index is 1.22. The first-order valence-corrected chi connectivity index (χ1v) is 11.4. The van der Waals surface area contributed by atoms with Gasteiger partial charge in [0.1, 0.15) is 0 Å². The second kappa shape index (κ2) is 10.8. The van der Waals surface area contributed by atoms with Crippen molar-refractivity contribution in [3.63, 3.8) is 0 Å². The lowest BCUT2D eigenvalue weighted by Gasteiger charge is -2.31. The van der Waals surface area contributed by atoms with Gasteiger partial charge in [0.2, 0.25) is 17.7 Å². The molecule has 0 atom stereocenters. The molecule has 0 spiro atoms. The average molecular weight is 479 g/mol. The molecule has 0 aliphatic carbocycles. The van der Waals surface area contributed by atoms with Gasteiger partial charge < -0.3 is 15.0 Å². The minimum Gasteiger partial charge on any atom is -0.452 e. The van der Waals surface area contributed by atoms with E-state index < -0.39 is 12.6 Å². The Morgan fingerprint density at radius 3 is 2.31 bits per heavy atom. The molecule has 10 nitrogen and oxygen atoms in total. The summed E-state index contributed by atoms with van der Waals surface area (Å²) in [5.41, 5.74) is 3.86. The van der Waals surface area contributed by atoms with E-state index in [1.807, 2.05) is 30.3 Å². The lowest BCUT2D eigenvalue weighted by molar-refractivity contribution is -0.137. The van der Waals surface area contributed by atoms with Gasteiger partial charge in [0.05, 0.1) is 11.3 Å². The molecule has 2 aromatic rings. The zero-order valence-electron chi connectivity index (χ0n) is 19.1. The van der Waals surface area contributed by atoms with Gasteiger partial charge in [-0.3, -0.25) is 24.6 Å². The number of carbonyl (C=O) groups excluding carboxylic acids is 5. The number of carbonyl (C=O) groups is 5. The van der Waals surface area contributed by atoms with Crippen LogP contribution in [0.25, 0.3) is 0 Å². The fourth-order valence-electron chi connectivity index (χ4n) is 3.99. The molecule has 4 rings (SSSR count). The van der Waals surface area contributed by atoms with E-state index in [-0.39, 0.29) is 48.0 Å². The maximum atomic E-state index is 12.5. The summed E-state index contributed by atoms with van der Waals surface area (Å²) in [6.45, 7) is 0.420. The molecule has 2 aliphatic rings. The Kier molecular flexibility index (Phi) is 7.39. The SMILES string of the molecule is O=C1CCC(=O)N(c2ccc(C(=O)OCC(=O)N3CCC(C(=O)Nc4ccccc4)CC3)cc2)N1. The van der Waals surface area contributed by atoms with Crippen LogP contribution < -0.4 is 15.8 Å². The minimum atomic E-state index is -0.670. The van der Waals surface area contributed by atoms with Gasteiger partial charge >= 0.3 is 5.97 Å². The maximum absolute atomic E-state index is 12.5. The highest BCUT2D eigenvalue weighted by Gasteiger charge is 2.28. The summed E-state index contributed by atoms with van der Waals surface area (Å²) in [6.07, 6.45) is 1.33. The van der Waals surface area contributed by atoms with Crippen LogP contribution in [0.2, 0.25) is 0 Å². The smallest absolute Gasteiger partial charge is 0.338 e. The van der Waals surface area contributed by atoms with Crippen LogP contribution in [-0.4, -0.2) is 54.2 Å². The predicted octanol–water partition coefficient (Wildman–Crippen LogP) is 1.88. The van der Waals surface area contributed by atoms with Crippen LogP contribution in [0.15, 0.2) is 54.6 Å². The molecule has 2 N–H and O–H groups in total. The number of nitrogens with zero attached hydrogens (tertiary/aromatic N) is 2. The third kappa shape index (κ3) is 6.03. The van der Waals surface area contributed by atoms with E-state index in [4.69, 9.17) is 4.74 Å². The number of esters is 1. The van der Waals surface area contributed by atoms with Crippen molar-refractivity contribution >= 4 is 41.0 Å². The highest BCUT2D eigenvalue weighted by molar-refractivity contribution is 6.01. The van der Waals surface area contributed by atoms with Gasteiger partial charge in [-0.2, -0.15) is 0 Å². The van der Waals surface area contributed by atoms with Gasteiger partial charge in [-0.15, -0.1) is 0 Å². The second-order valence-electron chi connectivity index (χ2n) is 8.40. The first-order valence-electron chi connectivity index (χ1n) is 11.4. The summed E-state index contributed by atoms with van der Waals surface area (Å²) in [6, 6.07) is 15.2. The largest absolute Gasteiger partial charge is 0.452 e. The molecular formula is C25H26N4O6. The van der Waals surface area contributed by atoms with Gasteiger partial charge in [0.25, 0.3) is 5.91 Å². The third-order valence-corrected chi connectivity index (χ3v) is 6.00. The van der Waals surface area contributed by atoms with E-state index in [0.29, 0.717) is 31.6 Å². The van der Waals surface area contributed by atoms with E-state index in [1.165, 1.54) is 24.3 Å². The van der Waals surface area contributed by atoms with Crippen LogP contribution in [0.1, 0.15) is 36.0 Å². The summed E-state index contributed by atoms with van der Waals surface area (Å²) in [5, 5.41) is 4.04. The number of hydrazine groups is 1. The first-order chi connectivity index (χ1) is 16.9. The van der Waals surface area contributed by atoms with E-state index in [1.54, 1.807) is 4.90 Å². The molecule has 0 saturated carbocycles. The molecule has 0 bridgehead atoms. The molecular weight excluding hydrogens is 452 g/mol. The van der Waals surface area contributed by atoms with E-state index in [2.05, 4.69) is 10.7 Å². The van der Waals surface area contributed by atoms with E-state index >= 15 is 0 Å². The normalized spacial score (nSPS) is 16.5. The monoisotopic (exact) mass is 478 g/mol. The Morgan fingerprint density at radius 1 is 0.943 bits per heavy atom. The summed E-state index contributed by atoms with van der Waals surface area (Å²) in [5.74, 6) is -1.74. The molecule has 2 aliphatic heterocycles. The van der Waals surface area contributed by atoms with Gasteiger partial charge in [0, 0.05) is 37.5 Å². The fourth-order valence-corrected chi connectivity index (χ4v) is 3.99. The van der Waals surface area contributed by atoms with Crippen LogP contribution >= 0.6 is 0 Å². The lowest BCUT2D eigenvalue weighted by atomic mass is 9.95. The van der Waals surface area contributed by atoms with E-state index in [9.17, 15) is 24.0 Å². The number of benzene rings is 2. The average Bonchev–Trinajstić information content (AvgIpc) is 2.89. The Bertz CT molecular complexity index is 1110. The number of hydrogen-bond acceptors (Lipinski definition) is 6. The number of anilines is 2. The number of piperidine rings is 1. The zero-order valence-corrected chi connectivity index (χ0v) is 19.1. The quantitative estimate of drug-likeness (QED) is 0.611. The van der Waals surface area contributed by atoms with Gasteiger partial charge in [0.15, 0.2) is 6.61 Å². The molecule has 0 aromatic heterocycles. The molecule has 35 heavy (non-hydrogen) atoms. The summed E-state index contributed by atoms with van der Waals surface area (Å²) >= 11 is 0. The van der Waals surface area contributed by atoms with Crippen LogP contribution in [0, 0.1) is 5.92 Å². The van der Waals surface area contributed by atoms with Crippen molar-refractivity contribution in [3.05, 3.63) is 60.2 Å². The maximum Gasteiger partial charge on any atom is 0.338 e. The molecule has 0 unspecified atom stereocenters. The Morgan fingerprint density at radius 2 is 1.63 bits per heavy atom. The van der Waals surface area contributed by atoms with Crippen molar-refractivity contribution in [2.24, 2.45) is 5.92 Å². The van der Waals surface area contributed by atoms with Crippen LogP contribution in [0.4, 0.5) is 11.4 Å². The Labute approximate surface area is 202 Å². The van der Waals surface area contributed by atoms with Gasteiger partial charge in [-0.1, -0.05) is 18.2 Å². The molecule has 2 aromatic carbocycles. The first kappa shape index (κ1) is 23.9. The number of nitrogens with one attached hydrogen (secondary N) is 2. The minimum absolute atomic E-state index is 0.0657. The molecule has 0 radical (unpaired) electrons. The fraction of sp³-hybridized carbons (Fsp3) is 0.320. The van der Waals surface area contributed by atoms with Gasteiger partial charge in [-0.05, 0) is 49.2 Å². The standard InChI is InChI=1S/C25H26N4O6/c30-21-10-11-22(31)29(27-21)20-8-6-18(7-9-20)25(34)35-16-23(32)28-14-12-17(13-15-28)24(33)26-19-4-2-1-3-5-19/h1-9,17H,10-16H2,(H,26,33)(H,27,30). The number of rotatable bonds is 6. The van der Waals surface area contributed by atoms with Crippen molar-refractivity contribution in [1.82, 2.24) is 10.3 Å². The molecule has 10 heteroatoms. The van der Waals surface area contributed by atoms with Crippen molar-refractivity contribution in [2.75, 3.05) is 30.0 Å². The number of hydrogen-bond donors (Lipinski definition) is 2. The molecule has 182 valence electrons. The highest BCUT2D eigenvalue weighted by Crippen LogP contribution is 2.21. The van der Waals surface area contributed by atoms with Crippen LogP contribution in [-0.2, 0) is 23.9 Å². The van der Waals surface area contributed by atoms with Crippen LogP contribution in [0.5, 0.6) is 0 Å². The van der Waals surface area contributed by atoms with Gasteiger partial charge in [-0.25, -0.2) is 9.80 Å². The summed E-state index contributed by atoms with van der Waals surface area (Å²) in [7, 11) is 0. The Hall–Kier alpha value is -4.21. The molecule has 2 heterocycles. The summed E-state index contributed by atoms with van der Waals surface area (Å²) < 4.78 is 5.16. The molecule has 2 fully saturated rings. The van der Waals surface area contributed by atoms with Crippen molar-refractivity contribution in [2.45, 2.75) is 25.7 Å². The number of amides is 4. The molecule has 4 amide bonds. The number of likely N-dealkylation sites (tertiary alicyclic amines) is 1. The van der Waals surface area contributed by atoms with E-state index in [0.717, 1.165) is 10.7 Å². The van der Waals surface area contributed by atoms with Crippen LogP contribution in [0.3, 0.4) is 0 Å². The van der Waals surface area contributed by atoms with Crippen molar-refractivity contribution < 1.29 is 28.7 Å². The topological polar surface area (TPSA) is 125 Å². The highest BCUT2D eigenvalue weighted by atomic mass is 16.5. The molecule has 2 saturated heterocycles. The third-order valence-electron chi connectivity index (χ3n) is 6.00. The number of ether oxygens (including phenoxy) is 1. The summed E-state index contributed by atoms with van der Waals surface area (Å²) in [4.78, 5) is 62.4. The van der Waals surface area contributed by atoms with Crippen molar-refractivity contribution in [3.8, 4) is 0 Å². The number of para-hydroxylation sites is 1. The van der Waals surface area contributed by atoms with Crippen molar-refractivity contribution in [1.29, 1.82) is 0 Å².